The van der Waals surface area contributed by atoms with Gasteiger partial charge in [0.25, 0.3) is 0 Å². The number of benzene rings is 1. The Morgan fingerprint density at radius 1 is 0.833 bits per heavy atom. The molecule has 2 aliphatic rings. The standard InChI is InChI=1S/C21H31N7O2/c1-3-26(4-2)20-23-19(24-21(25-20)28-11-15-30-16-12-28)22-17-5-7-18(8-6-17)27-9-13-29-14-10-27/h5-8H,3-4,9-16H2,1-2H3,(H,22,23,24,25). The molecule has 0 unspecified atom stereocenters. The van der Waals surface area contributed by atoms with Gasteiger partial charge in [0.1, 0.15) is 0 Å². The van der Waals surface area contributed by atoms with Gasteiger partial charge >= 0.3 is 0 Å². The molecule has 3 heterocycles. The molecular weight excluding hydrogens is 382 g/mol. The zero-order valence-corrected chi connectivity index (χ0v) is 17.9. The normalized spacial score (nSPS) is 17.1. The van der Waals surface area contributed by atoms with Crippen molar-refractivity contribution in [2.75, 3.05) is 85.7 Å². The summed E-state index contributed by atoms with van der Waals surface area (Å²) in [5, 5.41) is 3.37. The van der Waals surface area contributed by atoms with Gasteiger partial charge in [0, 0.05) is 50.6 Å². The number of rotatable bonds is 7. The van der Waals surface area contributed by atoms with Crippen molar-refractivity contribution in [2.24, 2.45) is 0 Å². The van der Waals surface area contributed by atoms with E-state index in [-0.39, 0.29) is 0 Å². The van der Waals surface area contributed by atoms with Gasteiger partial charge in [-0.1, -0.05) is 0 Å². The summed E-state index contributed by atoms with van der Waals surface area (Å²) in [6.45, 7) is 12.3. The van der Waals surface area contributed by atoms with Crippen LogP contribution in [-0.4, -0.2) is 80.6 Å². The van der Waals surface area contributed by atoms with Crippen molar-refractivity contribution >= 4 is 29.2 Å². The first-order chi connectivity index (χ1) is 14.8. The van der Waals surface area contributed by atoms with Crippen LogP contribution in [0.2, 0.25) is 0 Å². The first-order valence-electron chi connectivity index (χ1n) is 10.8. The lowest BCUT2D eigenvalue weighted by Crippen LogP contribution is -2.38. The zero-order chi connectivity index (χ0) is 20.8. The minimum absolute atomic E-state index is 0.563. The Labute approximate surface area is 178 Å². The van der Waals surface area contributed by atoms with E-state index < -0.39 is 0 Å². The van der Waals surface area contributed by atoms with Gasteiger partial charge < -0.3 is 29.5 Å². The van der Waals surface area contributed by atoms with Crippen LogP contribution >= 0.6 is 0 Å². The van der Waals surface area contributed by atoms with Gasteiger partial charge in [0.15, 0.2) is 0 Å². The Morgan fingerprint density at radius 2 is 1.43 bits per heavy atom. The van der Waals surface area contributed by atoms with Crippen LogP contribution in [0.1, 0.15) is 13.8 Å². The molecule has 162 valence electrons. The fraction of sp³-hybridized carbons (Fsp3) is 0.571. The van der Waals surface area contributed by atoms with E-state index in [1.165, 1.54) is 5.69 Å². The number of hydrogen-bond donors (Lipinski definition) is 1. The topological polar surface area (TPSA) is 78.9 Å². The van der Waals surface area contributed by atoms with Gasteiger partial charge in [-0.15, -0.1) is 0 Å². The molecular formula is C21H31N7O2. The molecule has 9 heteroatoms. The number of morpholine rings is 2. The summed E-state index contributed by atoms with van der Waals surface area (Å²) in [6.07, 6.45) is 0. The van der Waals surface area contributed by atoms with Crippen LogP contribution in [0.15, 0.2) is 24.3 Å². The van der Waals surface area contributed by atoms with Crippen LogP contribution in [-0.2, 0) is 9.47 Å². The second kappa shape index (κ2) is 9.90. The van der Waals surface area contributed by atoms with Crippen molar-refractivity contribution in [3.05, 3.63) is 24.3 Å². The van der Waals surface area contributed by atoms with Gasteiger partial charge in [-0.3, -0.25) is 0 Å². The second-order valence-corrected chi connectivity index (χ2v) is 7.30. The van der Waals surface area contributed by atoms with Crippen molar-refractivity contribution in [3.63, 3.8) is 0 Å². The minimum atomic E-state index is 0.563. The maximum absolute atomic E-state index is 5.48. The molecule has 2 aliphatic heterocycles. The van der Waals surface area contributed by atoms with Crippen molar-refractivity contribution in [1.82, 2.24) is 15.0 Å². The summed E-state index contributed by atoms with van der Waals surface area (Å²) in [5.74, 6) is 1.96. The summed E-state index contributed by atoms with van der Waals surface area (Å²) < 4.78 is 10.9. The molecule has 0 bridgehead atoms. The molecule has 9 nitrogen and oxygen atoms in total. The lowest BCUT2D eigenvalue weighted by atomic mass is 10.2. The molecule has 0 radical (unpaired) electrons. The number of anilines is 5. The zero-order valence-electron chi connectivity index (χ0n) is 17.9. The number of aromatic nitrogens is 3. The molecule has 0 saturated carbocycles. The fourth-order valence-electron chi connectivity index (χ4n) is 3.67. The Hall–Kier alpha value is -2.65. The molecule has 30 heavy (non-hydrogen) atoms. The molecule has 1 aromatic heterocycles. The average Bonchev–Trinajstić information content (AvgIpc) is 2.81. The summed E-state index contributed by atoms with van der Waals surface area (Å²) in [7, 11) is 0. The quantitative estimate of drug-likeness (QED) is 0.734. The number of nitrogens with one attached hydrogen (secondary N) is 1. The van der Waals surface area contributed by atoms with Gasteiger partial charge in [-0.25, -0.2) is 0 Å². The lowest BCUT2D eigenvalue weighted by Gasteiger charge is -2.29. The van der Waals surface area contributed by atoms with Gasteiger partial charge in [-0.05, 0) is 38.1 Å². The largest absolute Gasteiger partial charge is 0.378 e. The maximum atomic E-state index is 5.48. The Kier molecular flexibility index (Phi) is 6.81. The van der Waals surface area contributed by atoms with Gasteiger partial charge in [-0.2, -0.15) is 15.0 Å². The molecule has 0 spiro atoms. The third-order valence-electron chi connectivity index (χ3n) is 5.45. The molecule has 1 aromatic carbocycles. The highest BCUT2D eigenvalue weighted by Crippen LogP contribution is 2.23. The summed E-state index contributed by atoms with van der Waals surface area (Å²) in [6, 6.07) is 8.40. The molecule has 4 rings (SSSR count). The third-order valence-corrected chi connectivity index (χ3v) is 5.45. The van der Waals surface area contributed by atoms with Crippen LogP contribution in [0.4, 0.5) is 29.2 Å². The smallest absolute Gasteiger partial charge is 0.233 e. The van der Waals surface area contributed by atoms with E-state index in [9.17, 15) is 0 Å². The monoisotopic (exact) mass is 413 g/mol. The molecule has 2 saturated heterocycles. The highest BCUT2D eigenvalue weighted by molar-refractivity contribution is 5.60. The first kappa shape index (κ1) is 20.6. The van der Waals surface area contributed by atoms with Crippen molar-refractivity contribution in [2.45, 2.75) is 13.8 Å². The number of hydrogen-bond acceptors (Lipinski definition) is 9. The van der Waals surface area contributed by atoms with Crippen molar-refractivity contribution in [1.29, 1.82) is 0 Å². The molecule has 1 N–H and O–H groups in total. The number of nitrogens with zero attached hydrogens (tertiary/aromatic N) is 6. The van der Waals surface area contributed by atoms with Crippen molar-refractivity contribution < 1.29 is 9.47 Å². The SMILES string of the molecule is CCN(CC)c1nc(Nc2ccc(N3CCOCC3)cc2)nc(N2CCOCC2)n1. The minimum Gasteiger partial charge on any atom is -0.378 e. The fourth-order valence-corrected chi connectivity index (χ4v) is 3.67. The van der Waals surface area contributed by atoms with E-state index in [1.807, 2.05) is 0 Å². The van der Waals surface area contributed by atoms with Crippen LogP contribution in [0.3, 0.4) is 0 Å². The average molecular weight is 414 g/mol. The summed E-state index contributed by atoms with van der Waals surface area (Å²) in [4.78, 5) is 20.7. The highest BCUT2D eigenvalue weighted by atomic mass is 16.5. The Morgan fingerprint density at radius 3 is 2.03 bits per heavy atom. The Bertz CT molecular complexity index is 802. The molecule has 0 aliphatic carbocycles. The van der Waals surface area contributed by atoms with Crippen LogP contribution in [0, 0.1) is 0 Å². The molecule has 2 fully saturated rings. The van der Waals surface area contributed by atoms with Gasteiger partial charge in [0.2, 0.25) is 17.8 Å². The number of ether oxygens (including phenoxy) is 2. The third kappa shape index (κ3) is 4.91. The lowest BCUT2D eigenvalue weighted by molar-refractivity contribution is 0.122. The van der Waals surface area contributed by atoms with Crippen LogP contribution in [0.25, 0.3) is 0 Å². The molecule has 0 amide bonds. The van der Waals surface area contributed by atoms with Crippen molar-refractivity contribution in [3.8, 4) is 0 Å². The highest BCUT2D eigenvalue weighted by Gasteiger charge is 2.18. The van der Waals surface area contributed by atoms with Crippen LogP contribution in [0.5, 0.6) is 0 Å². The predicted molar refractivity (Wildman–Crippen MR) is 119 cm³/mol. The van der Waals surface area contributed by atoms with E-state index in [0.29, 0.717) is 31.1 Å². The van der Waals surface area contributed by atoms with E-state index in [1.54, 1.807) is 0 Å². The van der Waals surface area contributed by atoms with E-state index in [4.69, 9.17) is 19.4 Å². The van der Waals surface area contributed by atoms with E-state index >= 15 is 0 Å². The maximum Gasteiger partial charge on any atom is 0.233 e. The summed E-state index contributed by atoms with van der Waals surface area (Å²) >= 11 is 0. The molecule has 2 aromatic rings. The predicted octanol–water partition coefficient (Wildman–Crippen LogP) is 2.13. The van der Waals surface area contributed by atoms with E-state index in [0.717, 1.165) is 58.2 Å². The Balaban J connectivity index is 1.55. The van der Waals surface area contributed by atoms with Gasteiger partial charge in [0.05, 0.1) is 26.4 Å². The second-order valence-electron chi connectivity index (χ2n) is 7.30. The molecule has 0 atom stereocenters. The van der Waals surface area contributed by atoms with Crippen LogP contribution < -0.4 is 20.0 Å². The van der Waals surface area contributed by atoms with E-state index in [2.05, 4.69) is 63.1 Å². The summed E-state index contributed by atoms with van der Waals surface area (Å²) in [5.41, 5.74) is 2.16. The first-order valence-corrected chi connectivity index (χ1v) is 10.8.